The lowest BCUT2D eigenvalue weighted by atomic mass is 10.3. The first kappa shape index (κ1) is 13.3. The number of rotatable bonds is 6. The molecule has 0 saturated carbocycles. The number of hydrogen-bond donors (Lipinski definition) is 3. The molecule has 17 heavy (non-hydrogen) atoms. The zero-order valence-corrected chi connectivity index (χ0v) is 9.77. The van der Waals surface area contributed by atoms with Gasteiger partial charge in [0.1, 0.15) is 5.75 Å². The van der Waals surface area contributed by atoms with Crippen LogP contribution in [0.2, 0.25) is 0 Å². The van der Waals surface area contributed by atoms with Gasteiger partial charge in [0.2, 0.25) is 10.0 Å². The zero-order valence-electron chi connectivity index (χ0n) is 8.96. The lowest BCUT2D eigenvalue weighted by molar-refractivity contribution is -0.137. The number of aromatic hydroxyl groups is 1. The summed E-state index contributed by atoms with van der Waals surface area (Å²) in [5.41, 5.74) is 0.250. The van der Waals surface area contributed by atoms with Crippen LogP contribution in [0, 0.1) is 0 Å². The number of anilines is 1. The van der Waals surface area contributed by atoms with Crippen molar-refractivity contribution in [2.75, 3.05) is 10.5 Å². The predicted molar refractivity (Wildman–Crippen MR) is 62.4 cm³/mol. The normalized spacial score (nSPS) is 11.1. The van der Waals surface area contributed by atoms with Crippen LogP contribution in [0.25, 0.3) is 0 Å². The van der Waals surface area contributed by atoms with Crippen LogP contribution in [0.3, 0.4) is 0 Å². The number of carbonyl (C=O) groups is 1. The maximum Gasteiger partial charge on any atom is 0.303 e. The van der Waals surface area contributed by atoms with Crippen molar-refractivity contribution >= 4 is 21.7 Å². The van der Waals surface area contributed by atoms with Crippen LogP contribution in [0.5, 0.6) is 5.75 Å². The zero-order chi connectivity index (χ0) is 12.9. The molecule has 0 unspecified atom stereocenters. The molecule has 0 bridgehead atoms. The highest BCUT2D eigenvalue weighted by atomic mass is 32.2. The Morgan fingerprint density at radius 2 is 2.06 bits per heavy atom. The van der Waals surface area contributed by atoms with Gasteiger partial charge < -0.3 is 10.2 Å². The van der Waals surface area contributed by atoms with Crippen molar-refractivity contribution in [3.05, 3.63) is 24.3 Å². The Kier molecular flexibility index (Phi) is 4.33. The summed E-state index contributed by atoms with van der Waals surface area (Å²) in [5, 5.41) is 17.5. The van der Waals surface area contributed by atoms with Gasteiger partial charge in [0.25, 0.3) is 0 Å². The van der Waals surface area contributed by atoms with Gasteiger partial charge in [-0.05, 0) is 18.6 Å². The summed E-state index contributed by atoms with van der Waals surface area (Å²) < 4.78 is 25.3. The summed E-state index contributed by atoms with van der Waals surface area (Å²) in [6, 6.07) is 5.69. The number of benzene rings is 1. The minimum absolute atomic E-state index is 0.0451. The molecule has 0 aliphatic carbocycles. The van der Waals surface area contributed by atoms with Crippen LogP contribution in [-0.4, -0.2) is 30.4 Å². The molecule has 0 aliphatic heterocycles. The van der Waals surface area contributed by atoms with E-state index in [-0.39, 0.29) is 30.0 Å². The Labute approximate surface area is 99.0 Å². The molecule has 94 valence electrons. The molecule has 0 amide bonds. The molecule has 1 aromatic rings. The maximum atomic E-state index is 11.5. The first-order valence-corrected chi connectivity index (χ1v) is 6.55. The third-order valence-corrected chi connectivity index (χ3v) is 3.30. The van der Waals surface area contributed by atoms with Gasteiger partial charge in [-0.3, -0.25) is 9.52 Å². The summed E-state index contributed by atoms with van der Waals surface area (Å²) >= 11 is 0. The lowest BCUT2D eigenvalue weighted by Gasteiger charge is -2.07. The van der Waals surface area contributed by atoms with E-state index in [2.05, 4.69) is 4.72 Å². The van der Waals surface area contributed by atoms with Gasteiger partial charge in [0.05, 0.1) is 11.4 Å². The number of carboxylic acid groups (broad SMARTS) is 1. The van der Waals surface area contributed by atoms with Gasteiger partial charge in [-0.1, -0.05) is 6.07 Å². The summed E-state index contributed by atoms with van der Waals surface area (Å²) in [4.78, 5) is 10.2. The molecule has 6 nitrogen and oxygen atoms in total. The monoisotopic (exact) mass is 259 g/mol. The first-order valence-electron chi connectivity index (χ1n) is 4.90. The molecule has 1 aromatic carbocycles. The fourth-order valence-corrected chi connectivity index (χ4v) is 2.33. The molecule has 0 fully saturated rings. The van der Waals surface area contributed by atoms with Crippen LogP contribution in [-0.2, 0) is 14.8 Å². The second-order valence-electron chi connectivity index (χ2n) is 3.47. The smallest absolute Gasteiger partial charge is 0.303 e. The van der Waals surface area contributed by atoms with Gasteiger partial charge in [0.15, 0.2) is 0 Å². The number of carboxylic acids is 1. The van der Waals surface area contributed by atoms with Crippen LogP contribution in [0.4, 0.5) is 5.69 Å². The van der Waals surface area contributed by atoms with Gasteiger partial charge in [-0.15, -0.1) is 0 Å². The lowest BCUT2D eigenvalue weighted by Crippen LogP contribution is -2.17. The number of hydrogen-bond acceptors (Lipinski definition) is 4. The molecule has 3 N–H and O–H groups in total. The molecule has 7 heteroatoms. The highest BCUT2D eigenvalue weighted by Gasteiger charge is 2.11. The van der Waals surface area contributed by atoms with Crippen LogP contribution >= 0.6 is 0 Å². The van der Waals surface area contributed by atoms with Crippen molar-refractivity contribution in [1.82, 2.24) is 0 Å². The average molecular weight is 259 g/mol. The summed E-state index contributed by atoms with van der Waals surface area (Å²) in [6.45, 7) is 0. The molecule has 0 aromatic heterocycles. The Balaban J connectivity index is 2.57. The number of aliphatic carboxylic acids is 1. The van der Waals surface area contributed by atoms with Crippen LogP contribution < -0.4 is 4.72 Å². The second kappa shape index (κ2) is 5.53. The van der Waals surface area contributed by atoms with E-state index in [1.54, 1.807) is 0 Å². The van der Waals surface area contributed by atoms with Crippen molar-refractivity contribution in [3.8, 4) is 5.75 Å². The first-order chi connectivity index (χ1) is 7.89. The molecule has 0 heterocycles. The molecule has 0 aliphatic rings. The fourth-order valence-electron chi connectivity index (χ4n) is 1.21. The SMILES string of the molecule is O=C(O)CCCS(=O)(=O)Nc1cccc(O)c1. The third-order valence-electron chi connectivity index (χ3n) is 1.92. The van der Waals surface area contributed by atoms with E-state index in [1.807, 2.05) is 0 Å². The van der Waals surface area contributed by atoms with Crippen molar-refractivity contribution in [2.24, 2.45) is 0 Å². The van der Waals surface area contributed by atoms with E-state index >= 15 is 0 Å². The van der Waals surface area contributed by atoms with Gasteiger partial charge in [-0.2, -0.15) is 0 Å². The molecular weight excluding hydrogens is 246 g/mol. The molecule has 1 rings (SSSR count). The van der Waals surface area contributed by atoms with Gasteiger partial charge in [-0.25, -0.2) is 8.42 Å². The molecule has 0 radical (unpaired) electrons. The number of sulfonamides is 1. The summed E-state index contributed by atoms with van der Waals surface area (Å²) in [6.07, 6.45) is -0.148. The van der Waals surface area contributed by atoms with E-state index in [1.165, 1.54) is 24.3 Å². The van der Waals surface area contributed by atoms with Crippen LogP contribution in [0.15, 0.2) is 24.3 Å². The minimum atomic E-state index is -3.57. The topological polar surface area (TPSA) is 104 Å². The highest BCUT2D eigenvalue weighted by molar-refractivity contribution is 7.92. The fraction of sp³-hybridized carbons (Fsp3) is 0.300. The maximum absolute atomic E-state index is 11.5. The van der Waals surface area contributed by atoms with E-state index in [0.29, 0.717) is 0 Å². The Hall–Kier alpha value is -1.76. The Bertz CT molecular complexity index is 497. The van der Waals surface area contributed by atoms with Gasteiger partial charge >= 0.3 is 5.97 Å². The molecular formula is C10H13NO5S. The van der Waals surface area contributed by atoms with E-state index in [0.717, 1.165) is 0 Å². The Morgan fingerprint density at radius 1 is 1.35 bits per heavy atom. The second-order valence-corrected chi connectivity index (χ2v) is 5.31. The van der Waals surface area contributed by atoms with Crippen molar-refractivity contribution in [3.63, 3.8) is 0 Å². The van der Waals surface area contributed by atoms with E-state index in [9.17, 15) is 13.2 Å². The quantitative estimate of drug-likeness (QED) is 0.707. The van der Waals surface area contributed by atoms with E-state index < -0.39 is 16.0 Å². The largest absolute Gasteiger partial charge is 0.508 e. The van der Waals surface area contributed by atoms with Crippen LogP contribution in [0.1, 0.15) is 12.8 Å². The standard InChI is InChI=1S/C10H13NO5S/c12-9-4-1-3-8(7-9)11-17(15,16)6-2-5-10(13)14/h1,3-4,7,11-12H,2,5-6H2,(H,13,14). The predicted octanol–water partition coefficient (Wildman–Crippen LogP) is 0.999. The number of nitrogens with one attached hydrogen (secondary N) is 1. The average Bonchev–Trinajstić information content (AvgIpc) is 2.15. The highest BCUT2D eigenvalue weighted by Crippen LogP contribution is 2.16. The number of phenols is 1. The van der Waals surface area contributed by atoms with Crippen molar-refractivity contribution in [2.45, 2.75) is 12.8 Å². The van der Waals surface area contributed by atoms with E-state index in [4.69, 9.17) is 10.2 Å². The van der Waals surface area contributed by atoms with Crippen molar-refractivity contribution < 1.29 is 23.4 Å². The minimum Gasteiger partial charge on any atom is -0.508 e. The number of phenolic OH excluding ortho intramolecular Hbond substituents is 1. The molecule has 0 atom stereocenters. The molecule has 0 spiro atoms. The van der Waals surface area contributed by atoms with Crippen molar-refractivity contribution in [1.29, 1.82) is 0 Å². The third kappa shape index (κ3) is 5.21. The summed E-state index contributed by atoms with van der Waals surface area (Å²) in [5.74, 6) is -1.34. The summed E-state index contributed by atoms with van der Waals surface area (Å²) in [7, 11) is -3.57. The molecule has 0 saturated heterocycles. The Morgan fingerprint density at radius 3 is 2.65 bits per heavy atom. The van der Waals surface area contributed by atoms with Gasteiger partial charge in [0, 0.05) is 12.5 Å².